The smallest absolute Gasteiger partial charge is 0.254 e. The van der Waals surface area contributed by atoms with Crippen LogP contribution in [-0.4, -0.2) is 53.1 Å². The van der Waals surface area contributed by atoms with E-state index in [1.807, 2.05) is 23.9 Å². The Labute approximate surface area is 111 Å². The maximum absolute atomic E-state index is 11.6. The van der Waals surface area contributed by atoms with Crippen LogP contribution in [0.3, 0.4) is 0 Å². The number of carbonyl (C=O) groups is 1. The quantitative estimate of drug-likeness (QED) is 0.638. The zero-order chi connectivity index (χ0) is 12.6. The molecule has 1 fully saturated rings. The fraction of sp³-hybridized carbons (Fsp3) is 0.417. The summed E-state index contributed by atoms with van der Waals surface area (Å²) in [6.07, 6.45) is 4.98. The normalized spacial score (nSPS) is 16.9. The Morgan fingerprint density at radius 1 is 1.56 bits per heavy atom. The van der Waals surface area contributed by atoms with E-state index >= 15 is 0 Å². The molecule has 0 radical (unpaired) electrons. The first-order valence-electron chi connectivity index (χ1n) is 5.86. The highest BCUT2D eigenvalue weighted by molar-refractivity contribution is 7.99. The van der Waals surface area contributed by atoms with Crippen LogP contribution in [0.15, 0.2) is 29.6 Å². The van der Waals surface area contributed by atoms with Gasteiger partial charge in [-0.1, -0.05) is 6.07 Å². The molecule has 0 aliphatic carbocycles. The molecule has 1 aliphatic heterocycles. The molecule has 5 nitrogen and oxygen atoms in total. The molecule has 96 valence electrons. The summed E-state index contributed by atoms with van der Waals surface area (Å²) in [6, 6.07) is 3.71. The molecular weight excluding hydrogens is 248 g/mol. The number of hydrogen-bond acceptors (Lipinski definition) is 5. The number of hydrazone groups is 1. The predicted octanol–water partition coefficient (Wildman–Crippen LogP) is 0.580. The predicted molar refractivity (Wildman–Crippen MR) is 73.7 cm³/mol. The first-order chi connectivity index (χ1) is 8.84. The number of pyridine rings is 1. The van der Waals surface area contributed by atoms with Crippen molar-refractivity contribution in [1.29, 1.82) is 0 Å². The van der Waals surface area contributed by atoms with E-state index in [4.69, 9.17) is 0 Å². The minimum Gasteiger partial charge on any atom is -0.293 e. The first-order valence-corrected chi connectivity index (χ1v) is 7.02. The summed E-state index contributed by atoms with van der Waals surface area (Å²) in [6.45, 7) is 2.37. The molecule has 6 heteroatoms. The lowest BCUT2D eigenvalue weighted by molar-refractivity contribution is -0.122. The molecule has 1 aromatic heterocycles. The summed E-state index contributed by atoms with van der Waals surface area (Å²) >= 11 is 1.93. The van der Waals surface area contributed by atoms with Crippen molar-refractivity contribution in [1.82, 2.24) is 15.3 Å². The summed E-state index contributed by atoms with van der Waals surface area (Å²) < 4.78 is 0. The second-order valence-corrected chi connectivity index (χ2v) is 5.19. The van der Waals surface area contributed by atoms with Crippen LogP contribution in [0.5, 0.6) is 0 Å². The molecule has 2 rings (SSSR count). The van der Waals surface area contributed by atoms with Crippen LogP contribution in [0.1, 0.15) is 5.56 Å². The van der Waals surface area contributed by atoms with Gasteiger partial charge in [0.05, 0.1) is 12.8 Å². The van der Waals surface area contributed by atoms with Crippen LogP contribution in [-0.2, 0) is 4.79 Å². The van der Waals surface area contributed by atoms with E-state index in [1.54, 1.807) is 18.6 Å². The molecule has 0 spiro atoms. The third-order valence-corrected chi connectivity index (χ3v) is 3.50. The van der Waals surface area contributed by atoms with Crippen LogP contribution < -0.4 is 5.43 Å². The van der Waals surface area contributed by atoms with Gasteiger partial charge in [-0.05, 0) is 6.07 Å². The van der Waals surface area contributed by atoms with E-state index in [1.165, 1.54) is 0 Å². The van der Waals surface area contributed by atoms with Crippen molar-refractivity contribution in [3.05, 3.63) is 30.1 Å². The second kappa shape index (κ2) is 7.13. The largest absolute Gasteiger partial charge is 0.293 e. The number of thioether (sulfide) groups is 1. The molecule has 1 N–H and O–H groups in total. The van der Waals surface area contributed by atoms with Crippen molar-refractivity contribution < 1.29 is 4.79 Å². The van der Waals surface area contributed by atoms with E-state index in [9.17, 15) is 4.79 Å². The van der Waals surface area contributed by atoms with Crippen LogP contribution >= 0.6 is 11.8 Å². The Kier molecular flexibility index (Phi) is 5.16. The molecule has 0 saturated carbocycles. The van der Waals surface area contributed by atoms with Crippen molar-refractivity contribution in [2.24, 2.45) is 5.10 Å². The summed E-state index contributed by atoms with van der Waals surface area (Å²) in [4.78, 5) is 17.7. The molecule has 0 bridgehead atoms. The van der Waals surface area contributed by atoms with Gasteiger partial charge in [0.2, 0.25) is 0 Å². The van der Waals surface area contributed by atoms with E-state index in [-0.39, 0.29) is 5.91 Å². The third-order valence-electron chi connectivity index (χ3n) is 2.56. The van der Waals surface area contributed by atoms with Gasteiger partial charge in [-0.2, -0.15) is 16.9 Å². The van der Waals surface area contributed by atoms with Crippen molar-refractivity contribution in [3.63, 3.8) is 0 Å². The number of nitrogens with zero attached hydrogens (tertiary/aromatic N) is 3. The molecule has 0 aromatic carbocycles. The SMILES string of the molecule is O=C(CN1CCSCC1)NN=Cc1cccnc1. The minimum atomic E-state index is -0.0676. The van der Waals surface area contributed by atoms with Crippen molar-refractivity contribution >= 4 is 23.9 Å². The average Bonchev–Trinajstić information content (AvgIpc) is 2.41. The van der Waals surface area contributed by atoms with Gasteiger partial charge in [0.1, 0.15) is 0 Å². The molecule has 1 aliphatic rings. The zero-order valence-electron chi connectivity index (χ0n) is 10.1. The maximum atomic E-state index is 11.6. The molecule has 2 heterocycles. The van der Waals surface area contributed by atoms with Crippen molar-refractivity contribution in [2.45, 2.75) is 0 Å². The minimum absolute atomic E-state index is 0.0676. The Hall–Kier alpha value is -1.40. The van der Waals surface area contributed by atoms with Crippen LogP contribution in [0.2, 0.25) is 0 Å². The van der Waals surface area contributed by atoms with Gasteiger partial charge in [0, 0.05) is 42.6 Å². The Balaban J connectivity index is 1.72. The topological polar surface area (TPSA) is 57.6 Å². The summed E-state index contributed by atoms with van der Waals surface area (Å²) in [5.41, 5.74) is 3.40. The molecule has 1 aromatic rings. The lowest BCUT2D eigenvalue weighted by atomic mass is 10.3. The summed E-state index contributed by atoms with van der Waals surface area (Å²) in [7, 11) is 0. The zero-order valence-corrected chi connectivity index (χ0v) is 10.9. The molecule has 1 amide bonds. The van der Waals surface area contributed by atoms with E-state index in [0.29, 0.717) is 6.54 Å². The van der Waals surface area contributed by atoms with Crippen LogP contribution in [0, 0.1) is 0 Å². The number of amides is 1. The van der Waals surface area contributed by atoms with Gasteiger partial charge >= 0.3 is 0 Å². The van der Waals surface area contributed by atoms with E-state index < -0.39 is 0 Å². The first kappa shape index (κ1) is 13.0. The summed E-state index contributed by atoms with van der Waals surface area (Å²) in [5, 5.41) is 3.91. The summed E-state index contributed by atoms with van der Waals surface area (Å²) in [5.74, 6) is 2.14. The molecule has 0 atom stereocenters. The molecule has 1 saturated heterocycles. The van der Waals surface area contributed by atoms with Gasteiger partial charge in [0.15, 0.2) is 0 Å². The maximum Gasteiger partial charge on any atom is 0.254 e. The van der Waals surface area contributed by atoms with E-state index in [2.05, 4.69) is 20.4 Å². The number of rotatable bonds is 4. The Morgan fingerprint density at radius 3 is 3.11 bits per heavy atom. The highest BCUT2D eigenvalue weighted by atomic mass is 32.2. The average molecular weight is 264 g/mol. The van der Waals surface area contributed by atoms with Crippen LogP contribution in [0.25, 0.3) is 0 Å². The fourth-order valence-electron chi connectivity index (χ4n) is 1.63. The van der Waals surface area contributed by atoms with Gasteiger partial charge in [-0.15, -0.1) is 0 Å². The van der Waals surface area contributed by atoms with Crippen LogP contribution in [0.4, 0.5) is 0 Å². The number of carbonyl (C=O) groups excluding carboxylic acids is 1. The van der Waals surface area contributed by atoms with Gasteiger partial charge in [-0.25, -0.2) is 5.43 Å². The van der Waals surface area contributed by atoms with Gasteiger partial charge in [0.25, 0.3) is 5.91 Å². The van der Waals surface area contributed by atoms with Gasteiger partial charge in [-0.3, -0.25) is 14.7 Å². The molecule has 18 heavy (non-hydrogen) atoms. The highest BCUT2D eigenvalue weighted by Crippen LogP contribution is 2.08. The second-order valence-electron chi connectivity index (χ2n) is 3.97. The molecular formula is C12H16N4OS. The lowest BCUT2D eigenvalue weighted by Gasteiger charge is -2.24. The standard InChI is InChI=1S/C12H16N4OS/c17-12(10-16-4-6-18-7-5-16)15-14-9-11-2-1-3-13-8-11/h1-3,8-9H,4-7,10H2,(H,15,17). The third kappa shape index (κ3) is 4.46. The van der Waals surface area contributed by atoms with Gasteiger partial charge < -0.3 is 0 Å². The number of hydrogen-bond donors (Lipinski definition) is 1. The molecule has 0 unspecified atom stereocenters. The highest BCUT2D eigenvalue weighted by Gasteiger charge is 2.13. The van der Waals surface area contributed by atoms with Crippen molar-refractivity contribution in [3.8, 4) is 0 Å². The number of aromatic nitrogens is 1. The fourth-order valence-corrected chi connectivity index (χ4v) is 2.61. The lowest BCUT2D eigenvalue weighted by Crippen LogP contribution is -2.40. The number of nitrogens with one attached hydrogen (secondary N) is 1. The Bertz CT molecular complexity index is 404. The Morgan fingerprint density at radius 2 is 2.39 bits per heavy atom. The van der Waals surface area contributed by atoms with E-state index in [0.717, 1.165) is 30.2 Å². The van der Waals surface area contributed by atoms with Crippen molar-refractivity contribution in [2.75, 3.05) is 31.1 Å². The monoisotopic (exact) mass is 264 g/mol.